The van der Waals surface area contributed by atoms with Crippen molar-refractivity contribution in [1.29, 1.82) is 0 Å². The summed E-state index contributed by atoms with van der Waals surface area (Å²) in [5.74, 6) is 2.07. The number of piperidine rings is 2. The first-order chi connectivity index (χ1) is 40.4. The molecule has 0 spiro atoms. The van der Waals surface area contributed by atoms with Crippen LogP contribution in [0.5, 0.6) is 40.2 Å². The molecule has 84 heavy (non-hydrogen) atoms. The fourth-order valence-electron chi connectivity index (χ4n) is 8.95. The van der Waals surface area contributed by atoms with Crippen LogP contribution in [0.3, 0.4) is 0 Å². The minimum atomic E-state index is -0.853. The van der Waals surface area contributed by atoms with Gasteiger partial charge in [-0.05, 0) is 130 Å². The Morgan fingerprint density at radius 3 is 1.94 bits per heavy atom. The Morgan fingerprint density at radius 2 is 1.40 bits per heavy atom. The zero-order chi connectivity index (χ0) is 62.1. The summed E-state index contributed by atoms with van der Waals surface area (Å²) in [4.78, 5) is 95.4. The van der Waals surface area contributed by atoms with Crippen molar-refractivity contribution < 1.29 is 81.0 Å². The minimum Gasteiger partial charge on any atom is -0.493 e. The Hall–Kier alpha value is -8.20. The number of likely N-dealkylation sites (N-methyl/N-ethyl adjacent to an activating group) is 1. The summed E-state index contributed by atoms with van der Waals surface area (Å²) in [7, 11) is 9.34. The van der Waals surface area contributed by atoms with Gasteiger partial charge in [0.1, 0.15) is 30.3 Å². The molecule has 0 radical (unpaired) electrons. The van der Waals surface area contributed by atoms with Gasteiger partial charge >= 0.3 is 0 Å². The van der Waals surface area contributed by atoms with Crippen LogP contribution in [0.15, 0.2) is 72.8 Å². The fraction of sp³-hybridized carbons (Fsp3) is 0.492. The maximum Gasteiger partial charge on any atom is 0.293 e. The van der Waals surface area contributed by atoms with Gasteiger partial charge in [-0.25, -0.2) is 0 Å². The van der Waals surface area contributed by atoms with Crippen molar-refractivity contribution in [3.05, 3.63) is 101 Å². The molecule has 460 valence electrons. The van der Waals surface area contributed by atoms with Crippen LogP contribution in [0, 0.1) is 5.92 Å². The number of aryl methyl sites for hydroxylation is 1. The number of benzene rings is 4. The molecular weight excluding hydrogens is 1080 g/mol. The number of carbonyl (C=O) groups excluding carboxylic acids is 8. The highest BCUT2D eigenvalue weighted by Crippen LogP contribution is 2.41. The summed E-state index contributed by atoms with van der Waals surface area (Å²) in [6.45, 7) is 13.4. The van der Waals surface area contributed by atoms with Gasteiger partial charge in [0.05, 0.1) is 53.1 Å². The van der Waals surface area contributed by atoms with Gasteiger partial charge in [0.25, 0.3) is 18.3 Å². The topological polar surface area (TPSA) is 264 Å². The van der Waals surface area contributed by atoms with Crippen LogP contribution in [0.2, 0.25) is 0 Å². The lowest BCUT2D eigenvalue weighted by Gasteiger charge is -2.30. The van der Waals surface area contributed by atoms with E-state index < -0.39 is 36.3 Å². The number of carbonyl (C=O) groups is 8. The summed E-state index contributed by atoms with van der Waals surface area (Å²) in [5, 5.41) is 2.17. The molecule has 2 aliphatic rings. The Labute approximate surface area is 494 Å². The molecule has 4 unspecified atom stereocenters. The lowest BCUT2D eigenvalue weighted by atomic mass is 9.93. The number of methoxy groups -OCH3 is 5. The van der Waals surface area contributed by atoms with E-state index in [2.05, 4.69) is 33.0 Å². The largest absolute Gasteiger partial charge is 0.493 e. The van der Waals surface area contributed by atoms with Crippen LogP contribution in [-0.4, -0.2) is 146 Å². The third-order valence-corrected chi connectivity index (χ3v) is 13.8. The number of nitrogens with zero attached hydrogens (tertiary/aromatic N) is 2. The van der Waals surface area contributed by atoms with Crippen molar-refractivity contribution in [3.8, 4) is 40.2 Å². The Morgan fingerprint density at radius 1 is 0.750 bits per heavy atom. The minimum absolute atomic E-state index is 0.00686. The normalized spacial score (nSPS) is 14.5. The van der Waals surface area contributed by atoms with Crippen molar-refractivity contribution in [3.63, 3.8) is 0 Å². The van der Waals surface area contributed by atoms with Crippen molar-refractivity contribution >= 4 is 48.6 Å². The predicted molar refractivity (Wildman–Crippen MR) is 315 cm³/mol. The molecule has 2 fully saturated rings. The number of hydrogen-bond acceptors (Lipinski definition) is 17. The summed E-state index contributed by atoms with van der Waals surface area (Å²) >= 11 is 0. The van der Waals surface area contributed by atoms with Gasteiger partial charge in [-0.2, -0.15) is 0 Å². The molecule has 0 aromatic heterocycles. The molecule has 5 amide bonds. The number of nitrogens with two attached hydrogens (primary N) is 1. The maximum atomic E-state index is 12.9. The van der Waals surface area contributed by atoms with E-state index in [-0.39, 0.29) is 54.3 Å². The van der Waals surface area contributed by atoms with Crippen molar-refractivity contribution in [1.82, 2.24) is 15.1 Å². The number of amides is 5. The molecule has 4 aromatic carbocycles. The first kappa shape index (κ1) is 70.1. The van der Waals surface area contributed by atoms with Crippen molar-refractivity contribution in [2.45, 2.75) is 123 Å². The zero-order valence-electron chi connectivity index (χ0n) is 50.6. The smallest absolute Gasteiger partial charge is 0.293 e. The molecule has 6 rings (SSSR count). The quantitative estimate of drug-likeness (QED) is 0.0399. The highest BCUT2D eigenvalue weighted by molar-refractivity contribution is 6.07. The molecule has 2 heterocycles. The number of hydrogen-bond donors (Lipinski definition) is 2. The Bertz CT molecular complexity index is 2700. The molecule has 3 N–H and O–H groups in total. The average molecular weight is 1170 g/mol. The molecule has 4 atom stereocenters. The number of nitrogens with one attached hydrogen (secondary N) is 1. The molecule has 0 saturated carbocycles. The predicted octanol–water partition coefficient (Wildman–Crippen LogP) is 8.43. The molecule has 0 bridgehead atoms. The van der Waals surface area contributed by atoms with Gasteiger partial charge in [0.15, 0.2) is 42.2 Å². The lowest BCUT2D eigenvalue weighted by molar-refractivity contribution is -0.137. The Balaban J connectivity index is 0.000000306. The number of aldehydes is 2. The van der Waals surface area contributed by atoms with Crippen LogP contribution >= 0.6 is 0 Å². The van der Waals surface area contributed by atoms with E-state index in [9.17, 15) is 38.4 Å². The monoisotopic (exact) mass is 1170 g/mol. The number of imide groups is 1. The highest BCUT2D eigenvalue weighted by Gasteiger charge is 2.35. The summed E-state index contributed by atoms with van der Waals surface area (Å²) in [6, 6.07) is 20.1. The molecule has 4 aromatic rings. The number of primary amides is 1. The second-order valence-electron chi connectivity index (χ2n) is 20.0. The summed E-state index contributed by atoms with van der Waals surface area (Å²) in [6.07, 6.45) is 9.28. The van der Waals surface area contributed by atoms with E-state index in [4.69, 9.17) is 48.4 Å². The number of likely N-dealkylation sites (tertiary alicyclic amines) is 1. The third-order valence-electron chi connectivity index (χ3n) is 13.8. The second kappa shape index (κ2) is 37.8. The van der Waals surface area contributed by atoms with E-state index in [0.717, 1.165) is 72.9 Å². The van der Waals surface area contributed by atoms with Crippen LogP contribution in [0.25, 0.3) is 0 Å². The highest BCUT2D eigenvalue weighted by atomic mass is 16.5. The molecule has 2 aliphatic heterocycles. The van der Waals surface area contributed by atoms with Crippen LogP contribution < -0.4 is 44.2 Å². The van der Waals surface area contributed by atoms with Gasteiger partial charge in [-0.15, -0.1) is 0 Å². The number of rotatable bonds is 28. The summed E-state index contributed by atoms with van der Waals surface area (Å²) < 4.78 is 47.9. The van der Waals surface area contributed by atoms with E-state index in [1.54, 1.807) is 47.7 Å². The van der Waals surface area contributed by atoms with Gasteiger partial charge in [-0.1, -0.05) is 58.0 Å². The van der Waals surface area contributed by atoms with Crippen molar-refractivity contribution in [2.75, 3.05) is 75.5 Å². The zero-order valence-corrected chi connectivity index (χ0v) is 50.6. The summed E-state index contributed by atoms with van der Waals surface area (Å²) in [5.41, 5.74) is 7.82. The molecule has 0 aliphatic carbocycles. The first-order valence-electron chi connectivity index (χ1n) is 28.2. The lowest BCUT2D eigenvalue weighted by Crippen LogP contribution is -2.53. The number of ether oxygens (including phenoxy) is 9. The molecule has 21 nitrogen and oxygen atoms in total. The first-order valence-corrected chi connectivity index (χ1v) is 28.2. The third kappa shape index (κ3) is 22.2. The van der Waals surface area contributed by atoms with Gasteiger partial charge in [0, 0.05) is 38.7 Å². The van der Waals surface area contributed by atoms with Crippen LogP contribution in [0.1, 0.15) is 142 Å². The maximum absolute atomic E-state index is 12.9. The molecule has 2 saturated heterocycles. The molecular formula is C63H86N4O17. The van der Waals surface area contributed by atoms with Gasteiger partial charge in [-0.3, -0.25) is 43.7 Å². The van der Waals surface area contributed by atoms with E-state index in [1.807, 2.05) is 54.3 Å². The Kier molecular flexibility index (Phi) is 31.5. The van der Waals surface area contributed by atoms with Gasteiger partial charge < -0.3 is 58.2 Å². The fourth-order valence-corrected chi connectivity index (χ4v) is 8.95. The van der Waals surface area contributed by atoms with Crippen molar-refractivity contribution in [2.24, 2.45) is 11.7 Å². The van der Waals surface area contributed by atoms with Crippen LogP contribution in [0.4, 0.5) is 0 Å². The molecule has 21 heteroatoms. The second-order valence-corrected chi connectivity index (χ2v) is 20.0. The standard InChI is InChI=1S/C20H22O6.C18H27NO4.C16H17N3O6.C9H20O/c1-23-19-10-4-15(13-20(19)24-2)3-9-18(26-14-22)16-5-7-17(8-6-16)25-12-11-21;1-5-14(18(20)19-9-7-6-8-10-19)13-11-15(21-2)17(23-4)16(12-13)22-3;1-19(10-5-6-13(22)18-15(10)23)16(24)14-9(7-20)3-2-4-11(14)25-8-12(17)21;1-5-9(4)10-7-6-8(2)3/h4-8,10-11,13-14,18H,3,9,12H2,1-2H3;11-12,14H,5-10H2,1-4H3;2-4,7,10H,5-6,8H2,1H3,(H2,17,21)(H,18,22,23);8-9H,5-7H2,1-4H3. The SMILES string of the molecule is CCC(C(=O)N1CCCCC1)c1cc(OC)c(OC)c(OC)c1.CCC(C)OCCC(C)C.CN(C(=O)c1c(C=O)cccc1OCC(N)=O)C1CCC(=O)NC1=O.COc1ccc(CCC(OC=O)c2ccc(OCC=O)cc2)cc1OC. The van der Waals surface area contributed by atoms with Gasteiger partial charge in [0.2, 0.25) is 23.5 Å². The van der Waals surface area contributed by atoms with E-state index in [0.29, 0.717) is 72.5 Å². The van der Waals surface area contributed by atoms with E-state index >= 15 is 0 Å². The average Bonchev–Trinajstić information content (AvgIpc) is 3.71. The van der Waals surface area contributed by atoms with Crippen LogP contribution in [-0.2, 0) is 44.7 Å². The van der Waals surface area contributed by atoms with E-state index in [1.165, 1.54) is 38.1 Å².